The highest BCUT2D eigenvalue weighted by atomic mass is 31.2. The molecule has 0 aliphatic carbocycles. The molecule has 1 N–H and O–H groups in total. The summed E-state index contributed by atoms with van der Waals surface area (Å²) >= 11 is 0. The molecule has 0 saturated heterocycles. The van der Waals surface area contributed by atoms with Crippen LogP contribution >= 0.6 is 7.60 Å². The van der Waals surface area contributed by atoms with Crippen LogP contribution in [0.1, 0.15) is 6.92 Å². The molecule has 0 rings (SSSR count). The van der Waals surface area contributed by atoms with Crippen molar-refractivity contribution in [2.45, 2.75) is 6.92 Å². The molecule has 0 atom stereocenters. The monoisotopic (exact) mass is 193 g/mol. The molecule has 0 fully saturated rings. The first kappa shape index (κ1) is 11.1. The van der Waals surface area contributed by atoms with Gasteiger partial charge in [-0.25, -0.2) is 4.57 Å². The Bertz CT molecular complexity index is 268. The first-order valence-electron chi connectivity index (χ1n) is 2.99. The second-order valence-electron chi connectivity index (χ2n) is 1.87. The highest BCUT2D eigenvalue weighted by Gasteiger charge is 2.43. The van der Waals surface area contributed by atoms with Crippen LogP contribution in [-0.4, -0.2) is 19.3 Å². The quantitative estimate of drug-likeness (QED) is 0.421. The Kier molecular flexibility index (Phi) is 3.90. The maximum absolute atomic E-state index is 11.4. The van der Waals surface area contributed by atoms with Gasteiger partial charge in [0.2, 0.25) is 5.39 Å². The van der Waals surface area contributed by atoms with Gasteiger partial charge >= 0.3 is 13.0 Å². The molecule has 0 aromatic heterocycles. The van der Waals surface area contributed by atoms with Crippen molar-refractivity contribution in [1.82, 2.24) is 0 Å². The van der Waals surface area contributed by atoms with Crippen LogP contribution in [0.25, 0.3) is 4.98 Å². The van der Waals surface area contributed by atoms with Gasteiger partial charge in [0.15, 0.2) is 10.7 Å². The van der Waals surface area contributed by atoms with E-state index in [1.54, 1.807) is 0 Å². The molecule has 0 aromatic rings. The standard InChI is InChI=1S/C5H9N2O4P/c1-4(8)5(7-6)12(9,10-2)11-3/h1-3H3/p+1. The summed E-state index contributed by atoms with van der Waals surface area (Å²) in [6.45, 7) is 1.21. The predicted molar refractivity (Wildman–Crippen MR) is 42.0 cm³/mol. The zero-order chi connectivity index (χ0) is 9.78. The van der Waals surface area contributed by atoms with Gasteiger partial charge in [-0.3, -0.25) is 0 Å². The van der Waals surface area contributed by atoms with Gasteiger partial charge in [0, 0.05) is 21.1 Å². The molecule has 0 saturated carbocycles. The topological polar surface area (TPSA) is 83.9 Å². The van der Waals surface area contributed by atoms with E-state index < -0.39 is 18.8 Å². The van der Waals surface area contributed by atoms with Crippen LogP contribution in [-0.2, 0) is 13.6 Å². The van der Waals surface area contributed by atoms with Crippen molar-refractivity contribution in [3.05, 3.63) is 16.2 Å². The number of nitrogens with zero attached hydrogens (tertiary/aromatic N) is 2. The summed E-state index contributed by atoms with van der Waals surface area (Å²) in [5, 5.41) is 17.3. The lowest BCUT2D eigenvalue weighted by molar-refractivity contribution is 0.281. The number of aliphatic hydroxyl groups excluding tert-OH is 1. The van der Waals surface area contributed by atoms with Gasteiger partial charge in [-0.05, 0) is 0 Å². The van der Waals surface area contributed by atoms with Crippen molar-refractivity contribution in [2.24, 2.45) is 0 Å². The third-order valence-electron chi connectivity index (χ3n) is 1.16. The summed E-state index contributed by atoms with van der Waals surface area (Å²) in [4.78, 5) is 2.62. The maximum Gasteiger partial charge on any atom is 0.506 e. The Morgan fingerprint density at radius 1 is 1.50 bits per heavy atom. The summed E-state index contributed by atoms with van der Waals surface area (Å²) in [6, 6.07) is 0. The molecule has 0 heterocycles. The fourth-order valence-corrected chi connectivity index (χ4v) is 1.57. The molecule has 68 valence electrons. The number of hydrogen-bond donors (Lipinski definition) is 1. The van der Waals surface area contributed by atoms with Crippen molar-refractivity contribution >= 4 is 7.60 Å². The molecule has 0 aliphatic rings. The van der Waals surface area contributed by atoms with Crippen LogP contribution in [0.3, 0.4) is 0 Å². The number of hydrogen-bond acceptors (Lipinski definition) is 5. The number of allylic oxidation sites excluding steroid dienone is 1. The van der Waals surface area contributed by atoms with Crippen molar-refractivity contribution < 1.29 is 18.7 Å². The second-order valence-corrected chi connectivity index (χ2v) is 4.02. The SMILES string of the molecule is COP(=O)(OC)/C([N+]#N)=C(/C)O. The zero-order valence-electron chi connectivity index (χ0n) is 7.01. The molecule has 0 unspecified atom stereocenters. The van der Waals surface area contributed by atoms with Crippen molar-refractivity contribution in [1.29, 1.82) is 5.39 Å². The lowest BCUT2D eigenvalue weighted by atomic mass is 10.6. The fraction of sp³-hybridized carbons (Fsp3) is 0.600. The Morgan fingerprint density at radius 3 is 2.00 bits per heavy atom. The molecule has 0 aliphatic heterocycles. The average molecular weight is 193 g/mol. The van der Waals surface area contributed by atoms with E-state index in [0.717, 1.165) is 14.2 Å². The second kappa shape index (κ2) is 4.21. The fourth-order valence-electron chi connectivity index (χ4n) is 0.573. The number of diazo groups is 1. The van der Waals surface area contributed by atoms with Crippen LogP contribution in [0.15, 0.2) is 11.2 Å². The van der Waals surface area contributed by atoms with Crippen LogP contribution in [0, 0.1) is 5.39 Å². The molecule has 0 radical (unpaired) electrons. The molecule has 0 amide bonds. The van der Waals surface area contributed by atoms with Gasteiger partial charge in [-0.2, -0.15) is 0 Å². The van der Waals surface area contributed by atoms with Gasteiger partial charge in [-0.15, -0.1) is 0 Å². The highest BCUT2D eigenvalue weighted by molar-refractivity contribution is 7.58. The van der Waals surface area contributed by atoms with E-state index in [1.165, 1.54) is 6.92 Å². The minimum absolute atomic E-state index is 0.412. The maximum atomic E-state index is 11.4. The Hall–Kier alpha value is -0.890. The first-order chi connectivity index (χ1) is 5.51. The van der Waals surface area contributed by atoms with Crippen LogP contribution in [0.4, 0.5) is 0 Å². The molecule has 0 spiro atoms. The van der Waals surface area contributed by atoms with Crippen molar-refractivity contribution in [3.63, 3.8) is 0 Å². The van der Waals surface area contributed by atoms with Crippen molar-refractivity contribution in [3.8, 4) is 0 Å². The van der Waals surface area contributed by atoms with E-state index in [0.29, 0.717) is 0 Å². The van der Waals surface area contributed by atoms with Gasteiger partial charge in [0.1, 0.15) is 0 Å². The molecule has 6 nitrogen and oxygen atoms in total. The molecular weight excluding hydrogens is 183 g/mol. The van der Waals surface area contributed by atoms with Gasteiger partial charge < -0.3 is 14.2 Å². The summed E-state index contributed by atoms with van der Waals surface area (Å²) in [5.41, 5.74) is -0.493. The summed E-state index contributed by atoms with van der Waals surface area (Å²) < 4.78 is 20.3. The highest BCUT2D eigenvalue weighted by Crippen LogP contribution is 2.56. The Balaban J connectivity index is 5.15. The lowest BCUT2D eigenvalue weighted by Gasteiger charge is -2.04. The van der Waals surface area contributed by atoms with E-state index in [-0.39, 0.29) is 0 Å². The van der Waals surface area contributed by atoms with E-state index >= 15 is 0 Å². The number of aliphatic hydroxyl groups is 1. The van der Waals surface area contributed by atoms with Crippen LogP contribution in [0.2, 0.25) is 0 Å². The smallest absolute Gasteiger partial charge is 0.505 e. The third kappa shape index (κ3) is 2.05. The number of rotatable bonds is 3. The summed E-state index contributed by atoms with van der Waals surface area (Å²) in [5.74, 6) is -0.412. The first-order valence-corrected chi connectivity index (χ1v) is 4.53. The van der Waals surface area contributed by atoms with E-state index in [4.69, 9.17) is 10.5 Å². The van der Waals surface area contributed by atoms with Gasteiger partial charge in [-0.1, -0.05) is 0 Å². The molecule has 0 bridgehead atoms. The van der Waals surface area contributed by atoms with Gasteiger partial charge in [0.05, 0.1) is 0 Å². The Morgan fingerprint density at radius 2 is 1.92 bits per heavy atom. The molecule has 7 heteroatoms. The minimum atomic E-state index is -3.63. The van der Waals surface area contributed by atoms with Crippen LogP contribution in [0.5, 0.6) is 0 Å². The largest absolute Gasteiger partial charge is 0.506 e. The summed E-state index contributed by atoms with van der Waals surface area (Å²) in [6.07, 6.45) is 0. The lowest BCUT2D eigenvalue weighted by Crippen LogP contribution is -1.92. The zero-order valence-corrected chi connectivity index (χ0v) is 7.91. The molecule has 0 aromatic carbocycles. The third-order valence-corrected chi connectivity index (χ3v) is 3.05. The van der Waals surface area contributed by atoms with E-state index in [2.05, 4.69) is 14.0 Å². The predicted octanol–water partition coefficient (Wildman–Crippen LogP) is 2.07. The molecule has 12 heavy (non-hydrogen) atoms. The van der Waals surface area contributed by atoms with E-state index in [1.807, 2.05) is 0 Å². The summed E-state index contributed by atoms with van der Waals surface area (Å²) in [7, 11) is -1.39. The van der Waals surface area contributed by atoms with Gasteiger partial charge in [0.25, 0.3) is 0 Å². The Labute approximate surface area is 70.0 Å². The van der Waals surface area contributed by atoms with Crippen molar-refractivity contribution in [2.75, 3.05) is 14.2 Å². The van der Waals surface area contributed by atoms with Crippen LogP contribution < -0.4 is 0 Å². The normalized spacial score (nSPS) is 13.5. The average Bonchev–Trinajstić information content (AvgIpc) is 2.04. The molecular formula is C5H10N2O4P+. The minimum Gasteiger partial charge on any atom is -0.505 e. The van der Waals surface area contributed by atoms with E-state index in [9.17, 15) is 4.57 Å².